The summed E-state index contributed by atoms with van der Waals surface area (Å²) in [6, 6.07) is 8.59. The fourth-order valence-electron chi connectivity index (χ4n) is 2.42. The van der Waals surface area contributed by atoms with Gasteiger partial charge in [-0.15, -0.1) is 0 Å². The van der Waals surface area contributed by atoms with Gasteiger partial charge in [0.1, 0.15) is 11.3 Å². The summed E-state index contributed by atoms with van der Waals surface area (Å²) in [6.07, 6.45) is 4.11. The van der Waals surface area contributed by atoms with E-state index in [0.29, 0.717) is 23.3 Å². The smallest absolute Gasteiger partial charge is 0.341 e. The van der Waals surface area contributed by atoms with E-state index in [1.54, 1.807) is 43.6 Å². The lowest BCUT2D eigenvalue weighted by Crippen LogP contribution is -2.32. The van der Waals surface area contributed by atoms with Crippen molar-refractivity contribution in [2.24, 2.45) is 0 Å². The molecule has 0 aliphatic heterocycles. The maximum atomic E-state index is 12.5. The second-order valence-electron chi connectivity index (χ2n) is 5.74. The van der Waals surface area contributed by atoms with Gasteiger partial charge < -0.3 is 10.1 Å². The minimum absolute atomic E-state index is 0.273. The summed E-state index contributed by atoms with van der Waals surface area (Å²) < 4.78 is 5.41. The summed E-state index contributed by atoms with van der Waals surface area (Å²) in [6.45, 7) is 3.67. The van der Waals surface area contributed by atoms with Crippen LogP contribution in [-0.2, 0) is 9.53 Å². The minimum Gasteiger partial charge on any atom is -0.449 e. The molecule has 1 aromatic carbocycles. The van der Waals surface area contributed by atoms with Gasteiger partial charge in [-0.05, 0) is 37.1 Å². The van der Waals surface area contributed by atoms with Gasteiger partial charge in [-0.3, -0.25) is 14.8 Å². The van der Waals surface area contributed by atoms with Crippen molar-refractivity contribution in [1.82, 2.24) is 15.0 Å². The van der Waals surface area contributed by atoms with Gasteiger partial charge in [0, 0.05) is 18.6 Å². The molecule has 2 aromatic heterocycles. The predicted octanol–water partition coefficient (Wildman–Crippen LogP) is 2.91. The van der Waals surface area contributed by atoms with Crippen LogP contribution in [0.3, 0.4) is 0 Å². The zero-order valence-corrected chi connectivity index (χ0v) is 14.5. The maximum absolute atomic E-state index is 12.5. The highest BCUT2D eigenvalue weighted by atomic mass is 16.5. The van der Waals surface area contributed by atoms with E-state index in [1.165, 1.54) is 6.20 Å². The van der Waals surface area contributed by atoms with Crippen LogP contribution in [0.25, 0.3) is 11.0 Å². The molecule has 3 aromatic rings. The van der Waals surface area contributed by atoms with Gasteiger partial charge in [-0.1, -0.05) is 19.1 Å². The lowest BCUT2D eigenvalue weighted by molar-refractivity contribution is -0.124. The van der Waals surface area contributed by atoms with Gasteiger partial charge >= 0.3 is 5.97 Å². The van der Waals surface area contributed by atoms with E-state index >= 15 is 0 Å². The number of nitrogens with zero attached hydrogens (tertiary/aromatic N) is 3. The van der Waals surface area contributed by atoms with Gasteiger partial charge in [0.15, 0.2) is 6.10 Å². The van der Waals surface area contributed by atoms with E-state index < -0.39 is 18.0 Å². The van der Waals surface area contributed by atoms with Crippen LogP contribution in [0, 0.1) is 6.92 Å². The number of benzene rings is 1. The van der Waals surface area contributed by atoms with Gasteiger partial charge in [-0.2, -0.15) is 0 Å². The average Bonchev–Trinajstić information content (AvgIpc) is 2.67. The summed E-state index contributed by atoms with van der Waals surface area (Å²) in [7, 11) is 0. The number of nitrogens with one attached hydrogen (secondary N) is 1. The van der Waals surface area contributed by atoms with E-state index in [-0.39, 0.29) is 5.56 Å². The van der Waals surface area contributed by atoms with Crippen molar-refractivity contribution in [2.75, 3.05) is 5.32 Å². The number of hydrogen-bond acceptors (Lipinski definition) is 6. The van der Waals surface area contributed by atoms with Crippen LogP contribution in [0.1, 0.15) is 29.3 Å². The van der Waals surface area contributed by atoms with E-state index in [2.05, 4.69) is 20.3 Å². The number of esters is 1. The second kappa shape index (κ2) is 7.69. The van der Waals surface area contributed by atoms with E-state index in [1.807, 2.05) is 13.0 Å². The van der Waals surface area contributed by atoms with E-state index in [4.69, 9.17) is 4.74 Å². The molecule has 26 heavy (non-hydrogen) atoms. The van der Waals surface area contributed by atoms with E-state index in [9.17, 15) is 9.59 Å². The average molecular weight is 350 g/mol. The Morgan fingerprint density at radius 2 is 1.92 bits per heavy atom. The molecular formula is C19H18N4O3. The van der Waals surface area contributed by atoms with Crippen LogP contribution < -0.4 is 5.32 Å². The second-order valence-corrected chi connectivity index (χ2v) is 5.74. The van der Waals surface area contributed by atoms with Gasteiger partial charge in [0.25, 0.3) is 5.91 Å². The van der Waals surface area contributed by atoms with Crippen LogP contribution in [0.15, 0.2) is 48.9 Å². The lowest BCUT2D eigenvalue weighted by atomic mass is 10.1. The molecule has 1 N–H and O–H groups in total. The molecule has 132 valence electrons. The Balaban J connectivity index is 1.75. The largest absolute Gasteiger partial charge is 0.449 e. The SMILES string of the molecule is CCC(OC(=O)c1cccc2nccnc12)C(=O)Nc1ccc(C)cn1. The molecular weight excluding hydrogens is 332 g/mol. The topological polar surface area (TPSA) is 94.1 Å². The Bertz CT molecular complexity index is 936. The van der Waals surface area contributed by atoms with Crippen LogP contribution in [0.4, 0.5) is 5.82 Å². The molecule has 7 heteroatoms. The first kappa shape index (κ1) is 17.5. The molecule has 0 fully saturated rings. The number of ether oxygens (including phenoxy) is 1. The van der Waals surface area contributed by atoms with Crippen molar-refractivity contribution in [2.45, 2.75) is 26.4 Å². The lowest BCUT2D eigenvalue weighted by Gasteiger charge is -2.16. The number of fused-ring (bicyclic) bond motifs is 1. The monoisotopic (exact) mass is 350 g/mol. The predicted molar refractivity (Wildman–Crippen MR) is 96.6 cm³/mol. The Labute approximate surface area is 150 Å². The van der Waals surface area contributed by atoms with Crippen molar-refractivity contribution in [3.63, 3.8) is 0 Å². The highest BCUT2D eigenvalue weighted by molar-refractivity contribution is 6.03. The zero-order chi connectivity index (χ0) is 18.5. The number of carbonyl (C=O) groups excluding carboxylic acids is 2. The third kappa shape index (κ3) is 3.83. The molecule has 0 bridgehead atoms. The first-order valence-corrected chi connectivity index (χ1v) is 8.22. The number of hydrogen-bond donors (Lipinski definition) is 1. The molecule has 3 rings (SSSR count). The minimum atomic E-state index is -0.933. The summed E-state index contributed by atoms with van der Waals surface area (Å²) in [5.41, 5.74) is 2.28. The number of aromatic nitrogens is 3. The first-order chi connectivity index (χ1) is 12.6. The normalized spacial score (nSPS) is 11.8. The Morgan fingerprint density at radius 3 is 2.65 bits per heavy atom. The quantitative estimate of drug-likeness (QED) is 0.711. The molecule has 0 saturated carbocycles. The molecule has 1 unspecified atom stereocenters. The van der Waals surface area contributed by atoms with Crippen molar-refractivity contribution in [1.29, 1.82) is 0 Å². The summed E-state index contributed by atoms with van der Waals surface area (Å²) in [5, 5.41) is 2.66. The molecule has 7 nitrogen and oxygen atoms in total. The van der Waals surface area contributed by atoms with Crippen molar-refractivity contribution in [3.8, 4) is 0 Å². The van der Waals surface area contributed by atoms with Crippen molar-refractivity contribution in [3.05, 3.63) is 60.0 Å². The Kier molecular flexibility index (Phi) is 5.17. The molecule has 0 aliphatic rings. The molecule has 2 heterocycles. The number of aryl methyl sites for hydroxylation is 1. The third-order valence-corrected chi connectivity index (χ3v) is 3.79. The zero-order valence-electron chi connectivity index (χ0n) is 14.5. The fourth-order valence-corrected chi connectivity index (χ4v) is 2.42. The number of amides is 1. The van der Waals surface area contributed by atoms with Crippen LogP contribution in [0.5, 0.6) is 0 Å². The van der Waals surface area contributed by atoms with Crippen molar-refractivity contribution >= 4 is 28.7 Å². The Morgan fingerprint density at radius 1 is 1.12 bits per heavy atom. The molecule has 1 amide bonds. The van der Waals surface area contributed by atoms with Gasteiger partial charge in [0.2, 0.25) is 0 Å². The third-order valence-electron chi connectivity index (χ3n) is 3.79. The van der Waals surface area contributed by atoms with Crippen LogP contribution in [-0.4, -0.2) is 32.9 Å². The standard InChI is InChI=1S/C19H18N4O3/c1-3-15(18(24)23-16-8-7-12(2)11-22-16)26-19(25)13-5-4-6-14-17(13)21-10-9-20-14/h4-11,15H,3H2,1-2H3,(H,22,23,24). The summed E-state index contributed by atoms with van der Waals surface area (Å²) in [4.78, 5) is 37.4. The number of pyridine rings is 1. The number of carbonyl (C=O) groups is 2. The molecule has 0 radical (unpaired) electrons. The summed E-state index contributed by atoms with van der Waals surface area (Å²) >= 11 is 0. The molecule has 0 aliphatic carbocycles. The first-order valence-electron chi connectivity index (χ1n) is 8.22. The number of rotatable bonds is 5. The maximum Gasteiger partial charge on any atom is 0.341 e. The number of para-hydroxylation sites is 1. The fraction of sp³-hybridized carbons (Fsp3) is 0.211. The highest BCUT2D eigenvalue weighted by Crippen LogP contribution is 2.16. The number of anilines is 1. The summed E-state index contributed by atoms with van der Waals surface area (Å²) in [5.74, 6) is -0.635. The molecule has 1 atom stereocenters. The van der Waals surface area contributed by atoms with Gasteiger partial charge in [0.05, 0.1) is 11.1 Å². The van der Waals surface area contributed by atoms with E-state index in [0.717, 1.165) is 5.56 Å². The molecule has 0 saturated heterocycles. The van der Waals surface area contributed by atoms with Crippen LogP contribution >= 0.6 is 0 Å². The van der Waals surface area contributed by atoms with Crippen LogP contribution in [0.2, 0.25) is 0 Å². The molecule has 0 spiro atoms. The highest BCUT2D eigenvalue weighted by Gasteiger charge is 2.23. The Hall–Kier alpha value is -3.35. The van der Waals surface area contributed by atoms with Gasteiger partial charge in [-0.25, -0.2) is 9.78 Å². The van der Waals surface area contributed by atoms with Crippen molar-refractivity contribution < 1.29 is 14.3 Å².